The predicted molar refractivity (Wildman–Crippen MR) is 120 cm³/mol. The van der Waals surface area contributed by atoms with E-state index in [1.54, 1.807) is 0 Å². The smallest absolute Gasteiger partial charge is 0.277 e. The van der Waals surface area contributed by atoms with Gasteiger partial charge in [-0.2, -0.15) is 0 Å². The summed E-state index contributed by atoms with van der Waals surface area (Å²) in [5, 5.41) is 8.46. The van der Waals surface area contributed by atoms with Gasteiger partial charge in [-0.25, -0.2) is 0 Å². The van der Waals surface area contributed by atoms with Crippen molar-refractivity contribution in [3.05, 3.63) is 71.6 Å². The fourth-order valence-corrected chi connectivity index (χ4v) is 4.15. The Bertz CT molecular complexity index is 1000. The Labute approximate surface area is 187 Å². The summed E-state index contributed by atoms with van der Waals surface area (Å²) in [6.07, 6.45) is 2.39. The van der Waals surface area contributed by atoms with Crippen LogP contribution in [0.25, 0.3) is 0 Å². The normalized spacial score (nSPS) is 14.3. The van der Waals surface area contributed by atoms with Gasteiger partial charge in [0.25, 0.3) is 11.1 Å². The number of aromatic nitrogens is 2. The van der Waals surface area contributed by atoms with Gasteiger partial charge in [0.1, 0.15) is 5.75 Å². The molecular weight excluding hydrogens is 410 g/mol. The lowest BCUT2D eigenvalue weighted by Crippen LogP contribution is -2.40. The molecule has 0 aliphatic heterocycles. The number of hydrogen-bond donors (Lipinski definition) is 0. The monoisotopic (exact) mass is 437 g/mol. The fraction of sp³-hybridized carbons (Fsp3) is 0.375. The average molecular weight is 438 g/mol. The Morgan fingerprint density at radius 1 is 1.19 bits per heavy atom. The van der Waals surface area contributed by atoms with Crippen molar-refractivity contribution in [1.82, 2.24) is 15.1 Å². The lowest BCUT2D eigenvalue weighted by Gasteiger charge is -2.29. The minimum atomic E-state index is 0.0870. The van der Waals surface area contributed by atoms with Crippen LogP contribution in [0.4, 0.5) is 0 Å². The quantitative estimate of drug-likeness (QED) is 0.421. The summed E-state index contributed by atoms with van der Waals surface area (Å²) < 4.78 is 11.3. The van der Waals surface area contributed by atoms with Gasteiger partial charge in [-0.15, -0.1) is 10.2 Å². The van der Waals surface area contributed by atoms with Crippen molar-refractivity contribution in [1.29, 1.82) is 0 Å². The molecule has 6 nitrogen and oxygen atoms in total. The highest BCUT2D eigenvalue weighted by Gasteiger charge is 2.34. The van der Waals surface area contributed by atoms with E-state index in [-0.39, 0.29) is 24.3 Å². The summed E-state index contributed by atoms with van der Waals surface area (Å²) >= 11 is 1.27. The van der Waals surface area contributed by atoms with Gasteiger partial charge < -0.3 is 14.1 Å². The number of benzene rings is 2. The summed E-state index contributed by atoms with van der Waals surface area (Å²) in [6.45, 7) is 4.98. The van der Waals surface area contributed by atoms with Crippen LogP contribution in [0, 0.1) is 12.8 Å². The highest BCUT2D eigenvalue weighted by atomic mass is 32.2. The third-order valence-electron chi connectivity index (χ3n) is 5.43. The maximum Gasteiger partial charge on any atom is 0.277 e. The zero-order valence-electron chi connectivity index (χ0n) is 17.9. The summed E-state index contributed by atoms with van der Waals surface area (Å²) in [5.41, 5.74) is 2.26. The number of amides is 1. The molecule has 1 aliphatic carbocycles. The summed E-state index contributed by atoms with van der Waals surface area (Å²) in [4.78, 5) is 15.0. The highest BCUT2D eigenvalue weighted by molar-refractivity contribution is 7.99. The molecule has 1 fully saturated rings. The van der Waals surface area contributed by atoms with Crippen molar-refractivity contribution in [2.75, 3.05) is 5.75 Å². The zero-order chi connectivity index (χ0) is 21.6. The minimum Gasteiger partial charge on any atom is -0.484 e. The van der Waals surface area contributed by atoms with Gasteiger partial charge in [0.05, 0.1) is 5.75 Å². The van der Waals surface area contributed by atoms with E-state index in [9.17, 15) is 4.79 Å². The van der Waals surface area contributed by atoms with E-state index in [0.29, 0.717) is 23.6 Å². The van der Waals surface area contributed by atoms with Crippen LogP contribution >= 0.6 is 11.8 Å². The topological polar surface area (TPSA) is 68.5 Å². The van der Waals surface area contributed by atoms with Crippen LogP contribution in [-0.2, 0) is 17.9 Å². The molecule has 1 aromatic heterocycles. The first-order valence-corrected chi connectivity index (χ1v) is 11.5. The number of aryl methyl sites for hydroxylation is 1. The second-order valence-electron chi connectivity index (χ2n) is 7.94. The standard InChI is InChI=1S/C24H27N3O3S/c1-17-7-6-10-21(13-17)29-15-22-25-26-24(30-22)31-16-23(28)27(18(2)20-11-12-20)14-19-8-4-3-5-9-19/h3-10,13,18,20H,11-12,14-16H2,1-2H3. The molecule has 3 aromatic rings. The molecule has 31 heavy (non-hydrogen) atoms. The third kappa shape index (κ3) is 6.10. The van der Waals surface area contributed by atoms with Gasteiger partial charge >= 0.3 is 0 Å². The number of rotatable bonds is 10. The maximum atomic E-state index is 13.0. The molecule has 1 atom stereocenters. The molecular formula is C24H27N3O3S. The first-order chi connectivity index (χ1) is 15.1. The van der Waals surface area contributed by atoms with E-state index in [4.69, 9.17) is 9.15 Å². The van der Waals surface area contributed by atoms with Crippen molar-refractivity contribution < 1.29 is 13.9 Å². The number of ether oxygens (including phenoxy) is 1. The molecule has 162 valence electrons. The number of hydrogen-bond acceptors (Lipinski definition) is 6. The molecule has 1 unspecified atom stereocenters. The second kappa shape index (κ2) is 10.0. The summed E-state index contributed by atoms with van der Waals surface area (Å²) in [7, 11) is 0. The average Bonchev–Trinajstić information content (AvgIpc) is 3.54. The van der Waals surface area contributed by atoms with Crippen LogP contribution in [0.2, 0.25) is 0 Å². The zero-order valence-corrected chi connectivity index (χ0v) is 18.7. The van der Waals surface area contributed by atoms with Crippen molar-refractivity contribution in [2.45, 2.75) is 51.1 Å². The van der Waals surface area contributed by atoms with Gasteiger partial charge in [-0.1, -0.05) is 54.2 Å². The van der Waals surface area contributed by atoms with Crippen LogP contribution in [0.3, 0.4) is 0 Å². The van der Waals surface area contributed by atoms with E-state index < -0.39 is 0 Å². The van der Waals surface area contributed by atoms with Crippen molar-refractivity contribution in [2.24, 2.45) is 5.92 Å². The van der Waals surface area contributed by atoms with Crippen LogP contribution in [0.1, 0.15) is 36.8 Å². The molecule has 0 N–H and O–H groups in total. The highest BCUT2D eigenvalue weighted by Crippen LogP contribution is 2.36. The first kappa shape index (κ1) is 21.4. The molecule has 7 heteroatoms. The van der Waals surface area contributed by atoms with Gasteiger partial charge in [0.15, 0.2) is 6.61 Å². The molecule has 1 amide bonds. The molecule has 0 radical (unpaired) electrons. The van der Waals surface area contributed by atoms with E-state index >= 15 is 0 Å². The van der Waals surface area contributed by atoms with E-state index in [1.165, 1.54) is 24.6 Å². The van der Waals surface area contributed by atoms with Crippen LogP contribution in [0.5, 0.6) is 5.75 Å². The summed E-state index contributed by atoms with van der Waals surface area (Å²) in [6, 6.07) is 18.1. The van der Waals surface area contributed by atoms with E-state index in [1.807, 2.05) is 54.3 Å². The lowest BCUT2D eigenvalue weighted by molar-refractivity contribution is -0.131. The van der Waals surface area contributed by atoms with Crippen molar-refractivity contribution in [3.63, 3.8) is 0 Å². The number of carbonyl (C=O) groups is 1. The van der Waals surface area contributed by atoms with Gasteiger partial charge in [-0.3, -0.25) is 4.79 Å². The second-order valence-corrected chi connectivity index (χ2v) is 8.87. The van der Waals surface area contributed by atoms with Crippen molar-refractivity contribution >= 4 is 17.7 Å². The first-order valence-electron chi connectivity index (χ1n) is 10.6. The van der Waals surface area contributed by atoms with Gasteiger partial charge in [0.2, 0.25) is 5.91 Å². The number of nitrogens with zero attached hydrogens (tertiary/aromatic N) is 3. The molecule has 0 spiro atoms. The molecule has 4 rings (SSSR count). The number of carbonyl (C=O) groups excluding carboxylic acids is 1. The fourth-order valence-electron chi connectivity index (χ4n) is 3.48. The maximum absolute atomic E-state index is 13.0. The Morgan fingerprint density at radius 2 is 2.00 bits per heavy atom. The van der Waals surface area contributed by atoms with E-state index in [0.717, 1.165) is 16.9 Å². The van der Waals surface area contributed by atoms with Gasteiger partial charge in [-0.05, 0) is 55.9 Å². The van der Waals surface area contributed by atoms with Crippen LogP contribution in [-0.4, -0.2) is 32.8 Å². The third-order valence-corrected chi connectivity index (χ3v) is 6.23. The van der Waals surface area contributed by atoms with Crippen LogP contribution < -0.4 is 4.74 Å². The largest absolute Gasteiger partial charge is 0.484 e. The summed E-state index contributed by atoms with van der Waals surface area (Å²) in [5.74, 6) is 2.11. The predicted octanol–water partition coefficient (Wildman–Crippen LogP) is 4.88. The molecule has 2 aromatic carbocycles. The molecule has 0 bridgehead atoms. The van der Waals surface area contributed by atoms with Gasteiger partial charge in [0, 0.05) is 12.6 Å². The Balaban J connectivity index is 1.32. The van der Waals surface area contributed by atoms with E-state index in [2.05, 4.69) is 29.3 Å². The number of thioether (sulfide) groups is 1. The molecule has 1 saturated carbocycles. The molecule has 1 heterocycles. The minimum absolute atomic E-state index is 0.0870. The Kier molecular flexibility index (Phi) is 6.92. The SMILES string of the molecule is Cc1cccc(OCc2nnc(SCC(=O)N(Cc3ccccc3)C(C)C3CC3)o2)c1. The Hall–Kier alpha value is -2.80. The van der Waals surface area contributed by atoms with Crippen molar-refractivity contribution in [3.8, 4) is 5.75 Å². The Morgan fingerprint density at radius 3 is 2.74 bits per heavy atom. The molecule has 0 saturated heterocycles. The van der Waals surface area contributed by atoms with Crippen LogP contribution in [0.15, 0.2) is 64.2 Å². The molecule has 1 aliphatic rings. The lowest BCUT2D eigenvalue weighted by atomic mass is 10.1.